The minimum Gasteiger partial charge on any atom is -0.391 e. The van der Waals surface area contributed by atoms with Gasteiger partial charge in [-0.2, -0.15) is 0 Å². The number of aliphatic hydroxyl groups is 1. The van der Waals surface area contributed by atoms with Crippen molar-refractivity contribution in [1.82, 2.24) is 4.72 Å². The van der Waals surface area contributed by atoms with Crippen LogP contribution in [-0.2, 0) is 16.6 Å². The van der Waals surface area contributed by atoms with Crippen LogP contribution in [0, 0.1) is 12.8 Å². The van der Waals surface area contributed by atoms with E-state index in [1.807, 2.05) is 0 Å². The van der Waals surface area contributed by atoms with Crippen molar-refractivity contribution in [2.24, 2.45) is 5.92 Å². The zero-order valence-electron chi connectivity index (χ0n) is 12.1. The van der Waals surface area contributed by atoms with E-state index in [1.54, 1.807) is 12.3 Å². The molecule has 2 rings (SSSR count). The molecule has 1 saturated carbocycles. The Bertz CT molecular complexity index is 543. The van der Waals surface area contributed by atoms with Gasteiger partial charge in [0.15, 0.2) is 0 Å². The van der Waals surface area contributed by atoms with Gasteiger partial charge in [-0.25, -0.2) is 13.1 Å². The molecule has 2 N–H and O–H groups in total. The molecule has 0 spiro atoms. The quantitative estimate of drug-likeness (QED) is 0.877. The lowest BCUT2D eigenvalue weighted by atomic mass is 9.85. The molecule has 1 aromatic rings. The number of thiophene rings is 1. The van der Waals surface area contributed by atoms with Crippen LogP contribution in [0.4, 0.5) is 0 Å². The van der Waals surface area contributed by atoms with Gasteiger partial charge in [0.25, 0.3) is 0 Å². The molecule has 0 atom stereocenters. The van der Waals surface area contributed by atoms with Gasteiger partial charge in [0.2, 0.25) is 10.0 Å². The van der Waals surface area contributed by atoms with E-state index in [-0.39, 0.29) is 17.5 Å². The summed E-state index contributed by atoms with van der Waals surface area (Å²) in [4.78, 5) is 0.805. The minimum absolute atomic E-state index is 0.0358. The number of aryl methyl sites for hydroxylation is 1. The van der Waals surface area contributed by atoms with Crippen LogP contribution in [0.2, 0.25) is 0 Å². The first kappa shape index (κ1) is 15.9. The average Bonchev–Trinajstić information content (AvgIpc) is 2.81. The fraction of sp³-hybridized carbons (Fsp3) is 0.714. The molecule has 1 aromatic heterocycles. The Morgan fingerprint density at radius 3 is 2.55 bits per heavy atom. The van der Waals surface area contributed by atoms with Crippen LogP contribution >= 0.6 is 11.3 Å². The van der Waals surface area contributed by atoms with Gasteiger partial charge in [0, 0.05) is 6.04 Å². The van der Waals surface area contributed by atoms with E-state index < -0.39 is 10.0 Å². The first-order valence-corrected chi connectivity index (χ1v) is 9.54. The summed E-state index contributed by atoms with van der Waals surface area (Å²) < 4.78 is 27.8. The predicted octanol–water partition coefficient (Wildman–Crippen LogP) is 2.80. The Morgan fingerprint density at radius 2 is 2.00 bits per heavy atom. The number of hydrogen-bond acceptors (Lipinski definition) is 4. The average molecular weight is 317 g/mol. The zero-order valence-corrected chi connectivity index (χ0v) is 13.7. The van der Waals surface area contributed by atoms with Crippen molar-refractivity contribution in [3.63, 3.8) is 0 Å². The van der Waals surface area contributed by atoms with Crippen LogP contribution in [-0.4, -0.2) is 19.6 Å². The van der Waals surface area contributed by atoms with Crippen LogP contribution in [0.3, 0.4) is 0 Å². The van der Waals surface area contributed by atoms with Gasteiger partial charge in [-0.15, -0.1) is 11.3 Å². The first-order chi connectivity index (χ1) is 9.47. The molecule has 1 aliphatic carbocycles. The number of hydrogen-bond donors (Lipinski definition) is 2. The normalized spacial score (nSPS) is 23.9. The topological polar surface area (TPSA) is 66.4 Å². The van der Waals surface area contributed by atoms with Crippen molar-refractivity contribution >= 4 is 21.4 Å². The number of sulfonamides is 1. The van der Waals surface area contributed by atoms with Gasteiger partial charge in [-0.05, 0) is 49.5 Å². The molecule has 0 aromatic carbocycles. The molecule has 0 radical (unpaired) electrons. The van der Waals surface area contributed by atoms with E-state index in [9.17, 15) is 13.5 Å². The molecular weight excluding hydrogens is 294 g/mol. The van der Waals surface area contributed by atoms with E-state index in [1.165, 1.54) is 17.8 Å². The van der Waals surface area contributed by atoms with Gasteiger partial charge < -0.3 is 5.11 Å². The van der Waals surface area contributed by atoms with Crippen molar-refractivity contribution in [1.29, 1.82) is 0 Å². The molecule has 0 bridgehead atoms. The number of nitrogens with one attached hydrogen (secondary N) is 1. The van der Waals surface area contributed by atoms with E-state index in [2.05, 4.69) is 11.6 Å². The summed E-state index contributed by atoms with van der Waals surface area (Å²) in [5.74, 6) is 0.742. The molecule has 0 saturated heterocycles. The van der Waals surface area contributed by atoms with Crippen LogP contribution in [0.15, 0.2) is 10.3 Å². The number of rotatable bonds is 5. The maximum Gasteiger partial charge on any atom is 0.242 e. The van der Waals surface area contributed by atoms with Crippen molar-refractivity contribution in [3.05, 3.63) is 15.8 Å². The van der Waals surface area contributed by atoms with Gasteiger partial charge in [-0.3, -0.25) is 0 Å². The lowest BCUT2D eigenvalue weighted by Crippen LogP contribution is -2.38. The van der Waals surface area contributed by atoms with E-state index in [4.69, 9.17) is 0 Å². The second-order valence-corrected chi connectivity index (χ2v) is 8.19. The molecule has 1 heterocycles. The summed E-state index contributed by atoms with van der Waals surface area (Å²) in [6.45, 7) is 3.74. The highest BCUT2D eigenvalue weighted by molar-refractivity contribution is 7.89. The summed E-state index contributed by atoms with van der Waals surface area (Å²) in [7, 11) is -3.51. The van der Waals surface area contributed by atoms with Crippen LogP contribution < -0.4 is 4.72 Å². The Kier molecular flexibility index (Phi) is 5.23. The van der Waals surface area contributed by atoms with Gasteiger partial charge in [0.1, 0.15) is 4.90 Å². The maximum atomic E-state index is 12.5. The van der Waals surface area contributed by atoms with Crippen molar-refractivity contribution in [2.45, 2.75) is 63.5 Å². The molecule has 0 unspecified atom stereocenters. The zero-order chi connectivity index (χ0) is 14.8. The Hall–Kier alpha value is -0.430. The lowest BCUT2D eigenvalue weighted by molar-refractivity contribution is 0.282. The molecular formula is C14H23NO3S2. The van der Waals surface area contributed by atoms with E-state index >= 15 is 0 Å². The van der Waals surface area contributed by atoms with Gasteiger partial charge >= 0.3 is 0 Å². The molecule has 6 heteroatoms. The standard InChI is InChI=1S/C14H23NO3S2/c1-3-11-4-6-12(7-5-11)15-20(17,18)14-10(2)9-19-13(14)8-16/h9,11-12,15-16H,3-8H2,1-2H3. The fourth-order valence-electron chi connectivity index (χ4n) is 2.92. The highest BCUT2D eigenvalue weighted by Gasteiger charge is 2.28. The third kappa shape index (κ3) is 3.42. The first-order valence-electron chi connectivity index (χ1n) is 7.18. The highest BCUT2D eigenvalue weighted by Crippen LogP contribution is 2.30. The Labute approximate surface area is 125 Å². The molecule has 114 valence electrons. The van der Waals surface area contributed by atoms with Crippen LogP contribution in [0.1, 0.15) is 49.5 Å². The molecule has 0 aliphatic heterocycles. The van der Waals surface area contributed by atoms with Gasteiger partial charge in [-0.1, -0.05) is 13.3 Å². The smallest absolute Gasteiger partial charge is 0.242 e. The Balaban J connectivity index is 2.10. The molecule has 4 nitrogen and oxygen atoms in total. The summed E-state index contributed by atoms with van der Waals surface area (Å²) >= 11 is 1.30. The van der Waals surface area contributed by atoms with Crippen LogP contribution in [0.25, 0.3) is 0 Å². The van der Waals surface area contributed by atoms with Gasteiger partial charge in [0.05, 0.1) is 11.5 Å². The Morgan fingerprint density at radius 1 is 1.35 bits per heavy atom. The summed E-state index contributed by atoms with van der Waals surface area (Å²) in [5.41, 5.74) is 0.716. The largest absolute Gasteiger partial charge is 0.391 e. The molecule has 20 heavy (non-hydrogen) atoms. The number of aliphatic hydroxyl groups excluding tert-OH is 1. The third-order valence-electron chi connectivity index (χ3n) is 4.15. The van der Waals surface area contributed by atoms with E-state index in [0.29, 0.717) is 10.4 Å². The van der Waals surface area contributed by atoms with E-state index in [0.717, 1.165) is 31.6 Å². The van der Waals surface area contributed by atoms with Crippen molar-refractivity contribution in [2.75, 3.05) is 0 Å². The minimum atomic E-state index is -3.51. The summed E-state index contributed by atoms with van der Waals surface area (Å²) in [6, 6.07) is 0.0358. The van der Waals surface area contributed by atoms with Crippen molar-refractivity contribution < 1.29 is 13.5 Å². The second-order valence-electron chi connectivity index (χ2n) is 5.58. The fourth-order valence-corrected chi connectivity index (χ4v) is 5.89. The lowest BCUT2D eigenvalue weighted by Gasteiger charge is -2.28. The van der Waals surface area contributed by atoms with Crippen molar-refractivity contribution in [3.8, 4) is 0 Å². The summed E-state index contributed by atoms with van der Waals surface area (Å²) in [6.07, 6.45) is 5.20. The monoisotopic (exact) mass is 317 g/mol. The third-order valence-corrected chi connectivity index (χ3v) is 7.12. The SMILES string of the molecule is CCC1CCC(NS(=O)(=O)c2c(C)csc2CO)CC1. The predicted molar refractivity (Wildman–Crippen MR) is 81.3 cm³/mol. The molecule has 0 amide bonds. The summed E-state index contributed by atoms with van der Waals surface area (Å²) in [5, 5.41) is 11.1. The second kappa shape index (κ2) is 6.56. The highest BCUT2D eigenvalue weighted by atomic mass is 32.2. The molecule has 1 fully saturated rings. The van der Waals surface area contributed by atoms with Crippen LogP contribution in [0.5, 0.6) is 0 Å². The molecule has 1 aliphatic rings. The maximum absolute atomic E-state index is 12.5.